The third-order valence-electron chi connectivity index (χ3n) is 1.21. The molecule has 0 aliphatic carbocycles. The fraction of sp³-hybridized carbons (Fsp3) is 0. The summed E-state index contributed by atoms with van der Waals surface area (Å²) in [7, 11) is 1.98. The van der Waals surface area contributed by atoms with Crippen molar-refractivity contribution in [2.24, 2.45) is 0 Å². The minimum Gasteiger partial charge on any atom is -0.282 e. The van der Waals surface area contributed by atoms with E-state index in [1.807, 2.05) is 0 Å². The molecule has 0 aliphatic heterocycles. The molecule has 0 spiro atoms. The second-order valence-electron chi connectivity index (χ2n) is 2.00. The molecule has 0 aliphatic rings. The molecule has 0 unspecified atom stereocenters. The van der Waals surface area contributed by atoms with Crippen molar-refractivity contribution in [3.05, 3.63) is 24.3 Å². The molecular weight excluding hydrogens is 220 g/mol. The number of benzene rings is 1. The molecule has 3 nitrogen and oxygen atoms in total. The maximum Gasteiger partial charge on any atom is 0.295 e. The van der Waals surface area contributed by atoms with Gasteiger partial charge in [-0.1, -0.05) is 12.1 Å². The molecule has 0 radical (unpaired) electrons. The summed E-state index contributed by atoms with van der Waals surface area (Å²) >= 11 is 0. The smallest absolute Gasteiger partial charge is 0.282 e. The lowest BCUT2D eigenvalue weighted by atomic mass is 10.4. The van der Waals surface area contributed by atoms with Crippen molar-refractivity contribution in [3.8, 4) is 0 Å². The SMILES string of the molecule is O=S(=O)(O)c1ccccc1SCl. The van der Waals surface area contributed by atoms with Crippen LogP contribution in [0.15, 0.2) is 34.1 Å². The lowest BCUT2D eigenvalue weighted by Gasteiger charge is -2.00. The van der Waals surface area contributed by atoms with E-state index in [2.05, 4.69) is 0 Å². The van der Waals surface area contributed by atoms with Crippen LogP contribution < -0.4 is 0 Å². The van der Waals surface area contributed by atoms with Crippen molar-refractivity contribution < 1.29 is 13.0 Å². The molecule has 6 heteroatoms. The van der Waals surface area contributed by atoms with Gasteiger partial charge >= 0.3 is 0 Å². The first-order valence-corrected chi connectivity index (χ1v) is 5.99. The highest BCUT2D eigenvalue weighted by Crippen LogP contribution is 2.28. The van der Waals surface area contributed by atoms with Gasteiger partial charge in [0.1, 0.15) is 4.90 Å². The Morgan fingerprint density at radius 3 is 2.33 bits per heavy atom. The van der Waals surface area contributed by atoms with Gasteiger partial charge in [0.05, 0.1) is 0 Å². The van der Waals surface area contributed by atoms with Gasteiger partial charge in [-0.3, -0.25) is 4.55 Å². The second-order valence-corrected chi connectivity index (χ2v) is 4.45. The largest absolute Gasteiger partial charge is 0.295 e. The maximum absolute atomic E-state index is 10.7. The lowest BCUT2D eigenvalue weighted by Crippen LogP contribution is -1.98. The van der Waals surface area contributed by atoms with Crippen LogP contribution in [0.5, 0.6) is 0 Å². The van der Waals surface area contributed by atoms with E-state index in [0.29, 0.717) is 4.90 Å². The molecular formula is C6H5ClO3S2. The van der Waals surface area contributed by atoms with Gasteiger partial charge in [-0.05, 0) is 33.8 Å². The van der Waals surface area contributed by atoms with Gasteiger partial charge in [-0.25, -0.2) is 0 Å². The zero-order chi connectivity index (χ0) is 9.19. The summed E-state index contributed by atoms with van der Waals surface area (Å²) in [6.45, 7) is 0. The Labute approximate surface area is 79.0 Å². The van der Waals surface area contributed by atoms with Gasteiger partial charge in [0.15, 0.2) is 0 Å². The highest BCUT2D eigenvalue weighted by Gasteiger charge is 2.13. The Morgan fingerprint density at radius 2 is 1.92 bits per heavy atom. The average molecular weight is 225 g/mol. The Morgan fingerprint density at radius 1 is 1.33 bits per heavy atom. The Balaban J connectivity index is 3.33. The maximum atomic E-state index is 10.7. The van der Waals surface area contributed by atoms with Crippen LogP contribution in [0.4, 0.5) is 0 Å². The molecule has 1 aromatic carbocycles. The van der Waals surface area contributed by atoms with Gasteiger partial charge in [-0.15, -0.1) is 0 Å². The molecule has 12 heavy (non-hydrogen) atoms. The fourth-order valence-corrected chi connectivity index (χ4v) is 2.56. The summed E-state index contributed by atoms with van der Waals surface area (Å²) in [5, 5.41) is 0. The average Bonchev–Trinajstić information content (AvgIpc) is 2.03. The first-order chi connectivity index (χ1) is 5.55. The van der Waals surface area contributed by atoms with Gasteiger partial charge in [0.2, 0.25) is 0 Å². The van der Waals surface area contributed by atoms with Crippen LogP contribution in [0, 0.1) is 0 Å². The van der Waals surface area contributed by atoms with E-state index >= 15 is 0 Å². The molecule has 0 aromatic heterocycles. The monoisotopic (exact) mass is 224 g/mol. The number of halogens is 1. The Hall–Kier alpha value is -0.230. The Kier molecular flexibility index (Phi) is 3.00. The fourth-order valence-electron chi connectivity index (χ4n) is 0.727. The third kappa shape index (κ3) is 2.13. The van der Waals surface area contributed by atoms with E-state index in [4.69, 9.17) is 15.2 Å². The quantitative estimate of drug-likeness (QED) is 0.783. The molecule has 0 saturated heterocycles. The zero-order valence-electron chi connectivity index (χ0n) is 5.77. The van der Waals surface area contributed by atoms with Crippen LogP contribution in [0.2, 0.25) is 0 Å². The number of rotatable bonds is 2. The van der Waals surface area contributed by atoms with Crippen LogP contribution in [0.25, 0.3) is 0 Å². The molecule has 0 fully saturated rings. The minimum absolute atomic E-state index is 0.162. The molecule has 0 amide bonds. The van der Waals surface area contributed by atoms with E-state index in [1.165, 1.54) is 18.2 Å². The summed E-state index contributed by atoms with van der Waals surface area (Å²) in [4.78, 5) is 0.159. The summed E-state index contributed by atoms with van der Waals surface area (Å²) in [6.07, 6.45) is 0. The van der Waals surface area contributed by atoms with Gasteiger partial charge in [0.25, 0.3) is 10.1 Å². The van der Waals surface area contributed by atoms with E-state index < -0.39 is 10.1 Å². The van der Waals surface area contributed by atoms with Crippen LogP contribution >= 0.6 is 21.7 Å². The van der Waals surface area contributed by atoms with Crippen molar-refractivity contribution >= 4 is 31.8 Å². The topological polar surface area (TPSA) is 54.4 Å². The molecule has 0 heterocycles. The Bertz CT molecular complexity index is 374. The lowest BCUT2D eigenvalue weighted by molar-refractivity contribution is 0.481. The van der Waals surface area contributed by atoms with Crippen molar-refractivity contribution in [2.45, 2.75) is 9.79 Å². The standard InChI is InChI=1S/C6H5ClO3S2/c7-11-5-3-1-2-4-6(5)12(8,9)10/h1-4H,(H,8,9,10). The minimum atomic E-state index is -4.15. The van der Waals surface area contributed by atoms with Crippen LogP contribution in [-0.4, -0.2) is 13.0 Å². The van der Waals surface area contributed by atoms with E-state index in [9.17, 15) is 8.42 Å². The first-order valence-electron chi connectivity index (χ1n) is 2.91. The normalized spacial score (nSPS) is 11.5. The van der Waals surface area contributed by atoms with Gasteiger partial charge in [0, 0.05) is 4.90 Å². The van der Waals surface area contributed by atoms with Crippen molar-refractivity contribution in [3.63, 3.8) is 0 Å². The van der Waals surface area contributed by atoms with E-state index in [-0.39, 0.29) is 4.90 Å². The number of hydrogen-bond donors (Lipinski definition) is 1. The summed E-state index contributed by atoms with van der Waals surface area (Å²) in [5.41, 5.74) is 0. The van der Waals surface area contributed by atoms with E-state index in [0.717, 1.165) is 11.0 Å². The predicted octanol–water partition coefficient (Wildman–Crippen LogP) is 2.18. The highest BCUT2D eigenvalue weighted by atomic mass is 35.7. The molecule has 1 aromatic rings. The van der Waals surface area contributed by atoms with Crippen LogP contribution in [0.1, 0.15) is 0 Å². The molecule has 1 N–H and O–H groups in total. The first kappa shape index (κ1) is 9.85. The van der Waals surface area contributed by atoms with Crippen molar-refractivity contribution in [1.82, 2.24) is 0 Å². The molecule has 1 rings (SSSR count). The molecule has 0 bridgehead atoms. The summed E-state index contributed by atoms with van der Waals surface area (Å²) < 4.78 is 30.1. The van der Waals surface area contributed by atoms with Gasteiger partial charge in [-0.2, -0.15) is 8.42 Å². The zero-order valence-corrected chi connectivity index (χ0v) is 8.16. The van der Waals surface area contributed by atoms with Gasteiger partial charge < -0.3 is 0 Å². The molecule has 0 saturated carbocycles. The predicted molar refractivity (Wildman–Crippen MR) is 48.0 cm³/mol. The summed E-state index contributed by atoms with van der Waals surface area (Å²) in [5.74, 6) is 0. The van der Waals surface area contributed by atoms with Crippen molar-refractivity contribution in [1.29, 1.82) is 0 Å². The number of hydrogen-bond acceptors (Lipinski definition) is 3. The third-order valence-corrected chi connectivity index (χ3v) is 3.27. The highest BCUT2D eigenvalue weighted by molar-refractivity contribution is 8.21. The molecule has 66 valence electrons. The van der Waals surface area contributed by atoms with Crippen LogP contribution in [0.3, 0.4) is 0 Å². The molecule has 0 atom stereocenters. The second kappa shape index (κ2) is 3.66. The van der Waals surface area contributed by atoms with Crippen molar-refractivity contribution in [2.75, 3.05) is 0 Å². The summed E-state index contributed by atoms with van der Waals surface area (Å²) in [6, 6.07) is 5.96. The van der Waals surface area contributed by atoms with Crippen LogP contribution in [-0.2, 0) is 10.1 Å². The van der Waals surface area contributed by atoms with E-state index in [1.54, 1.807) is 6.07 Å².